The van der Waals surface area contributed by atoms with Gasteiger partial charge in [-0.2, -0.15) is 0 Å². The topological polar surface area (TPSA) is 95.9 Å². The molecule has 0 saturated carbocycles. The fraction of sp³-hybridized carbons (Fsp3) is 0.919. The molecule has 0 aliphatic rings. The summed E-state index contributed by atoms with van der Waals surface area (Å²) in [7, 11) is 0. The zero-order valence-corrected chi connectivity index (χ0v) is 54.3. The van der Waals surface area contributed by atoms with Crippen LogP contribution in [0.2, 0.25) is 0 Å². The van der Waals surface area contributed by atoms with Gasteiger partial charge in [0.05, 0.1) is 25.4 Å². The van der Waals surface area contributed by atoms with Crippen LogP contribution in [0, 0.1) is 0 Å². The third kappa shape index (κ3) is 65.5. The Morgan fingerprint density at radius 1 is 0.338 bits per heavy atom. The number of aliphatic hydroxyl groups excluding tert-OH is 2. The van der Waals surface area contributed by atoms with Gasteiger partial charge in [-0.15, -0.1) is 0 Å². The number of unbranched alkanes of at least 4 members (excludes halogenated alkanes) is 56. The number of aliphatic hydroxyl groups is 2. The summed E-state index contributed by atoms with van der Waals surface area (Å²) in [5.41, 5.74) is 0. The van der Waals surface area contributed by atoms with Crippen LogP contribution in [0.1, 0.15) is 412 Å². The molecule has 0 radical (unpaired) electrons. The molecule has 0 saturated heterocycles. The summed E-state index contributed by atoms with van der Waals surface area (Å²) in [5, 5.41) is 23.3. The summed E-state index contributed by atoms with van der Waals surface area (Å²) >= 11 is 0. The van der Waals surface area contributed by atoms with E-state index >= 15 is 0 Å². The highest BCUT2D eigenvalue weighted by Crippen LogP contribution is 2.19. The van der Waals surface area contributed by atoms with E-state index < -0.39 is 12.1 Å². The van der Waals surface area contributed by atoms with E-state index in [9.17, 15) is 19.8 Å². The number of esters is 1. The molecule has 0 aromatic carbocycles. The number of ether oxygens (including phenoxy) is 1. The molecule has 0 aliphatic carbocycles. The van der Waals surface area contributed by atoms with Crippen molar-refractivity contribution >= 4 is 11.9 Å². The predicted molar refractivity (Wildman–Crippen MR) is 352 cm³/mol. The Balaban J connectivity index is 3.36. The van der Waals surface area contributed by atoms with E-state index in [2.05, 4.69) is 31.3 Å². The molecule has 6 nitrogen and oxygen atoms in total. The van der Waals surface area contributed by atoms with Crippen LogP contribution in [0.15, 0.2) is 24.3 Å². The number of hydrogen-bond acceptors (Lipinski definition) is 5. The Morgan fingerprint density at radius 2 is 0.588 bits per heavy atom. The molecule has 6 heteroatoms. The lowest BCUT2D eigenvalue weighted by atomic mass is 10.0. The van der Waals surface area contributed by atoms with Crippen molar-refractivity contribution in [3.8, 4) is 0 Å². The first kappa shape index (κ1) is 78.3. The fourth-order valence-electron chi connectivity index (χ4n) is 11.6. The van der Waals surface area contributed by atoms with Gasteiger partial charge in [0, 0.05) is 12.8 Å². The average molecular weight is 1130 g/mol. The molecule has 1 amide bonds. The summed E-state index contributed by atoms with van der Waals surface area (Å²) in [6.07, 6.45) is 88.5. The van der Waals surface area contributed by atoms with Gasteiger partial charge >= 0.3 is 5.97 Å². The Bertz CT molecular complexity index is 1250. The Morgan fingerprint density at radius 3 is 0.912 bits per heavy atom. The quantitative estimate of drug-likeness (QED) is 0.0320. The zero-order chi connectivity index (χ0) is 57.8. The number of allylic oxidation sites excluding steroid dienone is 3. The minimum Gasteiger partial charge on any atom is -0.466 e. The monoisotopic (exact) mass is 1130 g/mol. The van der Waals surface area contributed by atoms with Gasteiger partial charge in [-0.1, -0.05) is 366 Å². The van der Waals surface area contributed by atoms with Crippen LogP contribution in [-0.4, -0.2) is 47.4 Å². The molecular formula is C74H143NO5. The van der Waals surface area contributed by atoms with E-state index in [-0.39, 0.29) is 18.5 Å². The molecule has 0 rings (SSSR count). The summed E-state index contributed by atoms with van der Waals surface area (Å²) in [6, 6.07) is -0.625. The maximum Gasteiger partial charge on any atom is 0.305 e. The molecule has 0 bridgehead atoms. The van der Waals surface area contributed by atoms with Crippen LogP contribution in [0.3, 0.4) is 0 Å². The summed E-state index contributed by atoms with van der Waals surface area (Å²) in [6.45, 7) is 4.92. The number of carbonyl (C=O) groups excluding carboxylic acids is 2. The molecule has 0 heterocycles. The normalized spacial score (nSPS) is 12.6. The fourth-order valence-corrected chi connectivity index (χ4v) is 11.6. The second kappa shape index (κ2) is 69.8. The molecule has 3 N–H and O–H groups in total. The molecule has 0 aliphatic heterocycles. The molecular weight excluding hydrogens is 983 g/mol. The summed E-state index contributed by atoms with van der Waals surface area (Å²) in [5.74, 6) is -0.0494. The van der Waals surface area contributed by atoms with E-state index in [4.69, 9.17) is 4.74 Å². The van der Waals surface area contributed by atoms with E-state index in [0.29, 0.717) is 19.4 Å². The highest BCUT2D eigenvalue weighted by atomic mass is 16.5. The molecule has 0 spiro atoms. The number of rotatable bonds is 69. The third-order valence-electron chi connectivity index (χ3n) is 17.2. The van der Waals surface area contributed by atoms with Crippen LogP contribution < -0.4 is 5.32 Å². The van der Waals surface area contributed by atoms with E-state index in [1.165, 1.54) is 340 Å². The first-order valence-electron chi connectivity index (χ1n) is 36.6. The number of carbonyl (C=O) groups is 2. The lowest BCUT2D eigenvalue weighted by molar-refractivity contribution is -0.143. The molecule has 2 unspecified atom stereocenters. The van der Waals surface area contributed by atoms with Crippen LogP contribution in [-0.2, 0) is 14.3 Å². The van der Waals surface area contributed by atoms with Gasteiger partial charge in [-0.25, -0.2) is 0 Å². The van der Waals surface area contributed by atoms with Gasteiger partial charge in [0.2, 0.25) is 5.91 Å². The molecule has 0 fully saturated rings. The second-order valence-corrected chi connectivity index (χ2v) is 25.3. The number of nitrogens with one attached hydrogen (secondary N) is 1. The first-order valence-corrected chi connectivity index (χ1v) is 36.6. The van der Waals surface area contributed by atoms with Gasteiger partial charge in [0.1, 0.15) is 0 Å². The van der Waals surface area contributed by atoms with E-state index in [0.717, 1.165) is 44.9 Å². The van der Waals surface area contributed by atoms with Crippen LogP contribution in [0.25, 0.3) is 0 Å². The Hall–Kier alpha value is -1.66. The smallest absolute Gasteiger partial charge is 0.305 e. The number of hydrogen-bond donors (Lipinski definition) is 3. The van der Waals surface area contributed by atoms with Crippen molar-refractivity contribution in [2.24, 2.45) is 0 Å². The molecule has 80 heavy (non-hydrogen) atoms. The minimum atomic E-state index is -0.842. The van der Waals surface area contributed by atoms with Crippen molar-refractivity contribution in [3.05, 3.63) is 24.3 Å². The van der Waals surface area contributed by atoms with Gasteiger partial charge in [-0.05, 0) is 57.8 Å². The second-order valence-electron chi connectivity index (χ2n) is 25.3. The highest BCUT2D eigenvalue weighted by molar-refractivity contribution is 5.76. The molecule has 0 aromatic heterocycles. The SMILES string of the molecule is CCCCC/C=C\CCCCCCCC(=O)OCCCCCCCCCCCCCCCCCCCCCCCCCCCCCCCCC(=O)NC(CO)C(O)/C=C/CCCCCCCCCCCCCCCCCCCCC. The van der Waals surface area contributed by atoms with Crippen molar-refractivity contribution in [2.75, 3.05) is 13.2 Å². The number of amides is 1. The Labute approximate surface area is 501 Å². The van der Waals surface area contributed by atoms with Crippen LogP contribution in [0.5, 0.6) is 0 Å². The largest absolute Gasteiger partial charge is 0.466 e. The van der Waals surface area contributed by atoms with Crippen molar-refractivity contribution in [1.29, 1.82) is 0 Å². The lowest BCUT2D eigenvalue weighted by Crippen LogP contribution is -2.45. The van der Waals surface area contributed by atoms with Gasteiger partial charge in [0.15, 0.2) is 0 Å². The van der Waals surface area contributed by atoms with Gasteiger partial charge in [-0.3, -0.25) is 9.59 Å². The molecule has 474 valence electrons. The minimum absolute atomic E-state index is 0.0103. The first-order chi connectivity index (χ1) is 39.5. The van der Waals surface area contributed by atoms with Crippen molar-refractivity contribution in [3.63, 3.8) is 0 Å². The maximum atomic E-state index is 12.5. The average Bonchev–Trinajstić information content (AvgIpc) is 3.46. The highest BCUT2D eigenvalue weighted by Gasteiger charge is 2.18. The van der Waals surface area contributed by atoms with Crippen molar-refractivity contribution in [1.82, 2.24) is 5.32 Å². The van der Waals surface area contributed by atoms with Crippen molar-refractivity contribution < 1.29 is 24.5 Å². The predicted octanol–water partition coefficient (Wildman–Crippen LogP) is 23.7. The summed E-state index contributed by atoms with van der Waals surface area (Å²) < 4.78 is 5.48. The molecule has 2 atom stereocenters. The lowest BCUT2D eigenvalue weighted by Gasteiger charge is -2.20. The van der Waals surface area contributed by atoms with Crippen molar-refractivity contribution in [2.45, 2.75) is 424 Å². The van der Waals surface area contributed by atoms with Gasteiger partial charge in [0.25, 0.3) is 0 Å². The summed E-state index contributed by atoms with van der Waals surface area (Å²) in [4.78, 5) is 24.6. The van der Waals surface area contributed by atoms with E-state index in [1.54, 1.807) is 6.08 Å². The Kier molecular flexibility index (Phi) is 68.4. The maximum absolute atomic E-state index is 12.5. The van der Waals surface area contributed by atoms with E-state index in [1.807, 2.05) is 6.08 Å². The molecule has 0 aromatic rings. The zero-order valence-electron chi connectivity index (χ0n) is 54.3. The van der Waals surface area contributed by atoms with Crippen LogP contribution >= 0.6 is 0 Å². The van der Waals surface area contributed by atoms with Crippen LogP contribution in [0.4, 0.5) is 0 Å². The third-order valence-corrected chi connectivity index (χ3v) is 17.2. The van der Waals surface area contributed by atoms with Gasteiger partial charge < -0.3 is 20.3 Å². The standard InChI is InChI=1S/C74H143NO5/c1-3-5-7-9-11-13-15-17-18-19-20-31-34-37-40-43-46-50-54-58-62-66-72(77)71(70-76)75-73(78)67-63-59-55-51-47-44-41-38-35-32-29-27-25-23-21-22-24-26-28-30-33-36-39-42-45-49-53-57-61-65-69-80-74(79)68-64-60-56-52-48-16-14-12-10-8-6-4-2/h12,14,62,66,71-72,76-77H,3-11,13,15-61,63-65,67-70H2,1-2H3,(H,75,78)/b14-12-,66-62+.